The van der Waals surface area contributed by atoms with Crippen LogP contribution in [-0.2, 0) is 9.53 Å². The highest BCUT2D eigenvalue weighted by molar-refractivity contribution is 5.91. The van der Waals surface area contributed by atoms with Crippen LogP contribution in [0.2, 0.25) is 0 Å². The SMILES string of the molecule is CCOC(=O)C1=C(C)C(O)CCC1(C)C. The number of esters is 1. The second-order valence-corrected chi connectivity index (χ2v) is 4.72. The first-order valence-corrected chi connectivity index (χ1v) is 5.46. The Bertz CT molecular complexity index is 289. The Morgan fingerprint density at radius 3 is 2.73 bits per heavy atom. The first kappa shape index (κ1) is 12.2. The molecule has 0 aromatic rings. The molecule has 0 heterocycles. The van der Waals surface area contributed by atoms with Crippen LogP contribution in [0.3, 0.4) is 0 Å². The summed E-state index contributed by atoms with van der Waals surface area (Å²) in [4.78, 5) is 11.8. The summed E-state index contributed by atoms with van der Waals surface area (Å²) >= 11 is 0. The van der Waals surface area contributed by atoms with Crippen molar-refractivity contribution in [2.75, 3.05) is 6.61 Å². The molecule has 0 aromatic heterocycles. The van der Waals surface area contributed by atoms with Gasteiger partial charge in [-0.05, 0) is 37.7 Å². The Balaban J connectivity index is 3.06. The molecule has 1 aliphatic carbocycles. The van der Waals surface area contributed by atoms with E-state index in [2.05, 4.69) is 0 Å². The maximum absolute atomic E-state index is 11.8. The average Bonchev–Trinajstić information content (AvgIpc) is 2.12. The third-order valence-corrected chi connectivity index (χ3v) is 3.09. The Morgan fingerprint density at radius 1 is 1.60 bits per heavy atom. The van der Waals surface area contributed by atoms with Gasteiger partial charge in [0.2, 0.25) is 0 Å². The zero-order valence-electron chi connectivity index (χ0n) is 9.96. The van der Waals surface area contributed by atoms with Gasteiger partial charge in [-0.1, -0.05) is 13.8 Å². The fourth-order valence-corrected chi connectivity index (χ4v) is 2.18. The summed E-state index contributed by atoms with van der Waals surface area (Å²) in [6, 6.07) is 0. The average molecular weight is 212 g/mol. The van der Waals surface area contributed by atoms with Crippen LogP contribution < -0.4 is 0 Å². The van der Waals surface area contributed by atoms with E-state index >= 15 is 0 Å². The highest BCUT2D eigenvalue weighted by atomic mass is 16.5. The number of hydrogen-bond acceptors (Lipinski definition) is 3. The molecule has 3 nitrogen and oxygen atoms in total. The summed E-state index contributed by atoms with van der Waals surface area (Å²) in [6.45, 7) is 8.03. The van der Waals surface area contributed by atoms with Gasteiger partial charge in [0.05, 0.1) is 12.7 Å². The van der Waals surface area contributed by atoms with E-state index in [0.717, 1.165) is 18.4 Å². The topological polar surface area (TPSA) is 46.5 Å². The molecule has 0 aliphatic heterocycles. The van der Waals surface area contributed by atoms with E-state index < -0.39 is 6.10 Å². The predicted octanol–water partition coefficient (Wildman–Crippen LogP) is 2.05. The summed E-state index contributed by atoms with van der Waals surface area (Å²) in [6.07, 6.45) is 1.05. The van der Waals surface area contributed by atoms with Crippen molar-refractivity contribution < 1.29 is 14.6 Å². The molecule has 0 radical (unpaired) electrons. The summed E-state index contributed by atoms with van der Waals surface area (Å²) in [5.41, 5.74) is 1.24. The van der Waals surface area contributed by atoms with Crippen LogP contribution in [-0.4, -0.2) is 23.8 Å². The van der Waals surface area contributed by atoms with E-state index in [9.17, 15) is 9.90 Å². The largest absolute Gasteiger partial charge is 0.463 e. The Labute approximate surface area is 91.1 Å². The number of aliphatic hydroxyl groups excluding tert-OH is 1. The maximum Gasteiger partial charge on any atom is 0.334 e. The lowest BCUT2D eigenvalue weighted by Gasteiger charge is -2.35. The zero-order chi connectivity index (χ0) is 11.6. The fourth-order valence-electron chi connectivity index (χ4n) is 2.18. The number of aliphatic hydroxyl groups is 1. The molecule has 0 saturated heterocycles. The van der Waals surface area contributed by atoms with E-state index in [4.69, 9.17) is 4.74 Å². The highest BCUT2D eigenvalue weighted by Crippen LogP contribution is 2.40. The van der Waals surface area contributed by atoms with Gasteiger partial charge in [0.15, 0.2) is 0 Å². The third-order valence-electron chi connectivity index (χ3n) is 3.09. The van der Waals surface area contributed by atoms with Crippen LogP contribution in [0, 0.1) is 5.41 Å². The molecule has 15 heavy (non-hydrogen) atoms. The van der Waals surface area contributed by atoms with Crippen LogP contribution in [0.4, 0.5) is 0 Å². The lowest BCUT2D eigenvalue weighted by molar-refractivity contribution is -0.140. The second kappa shape index (κ2) is 4.35. The molecule has 0 amide bonds. The van der Waals surface area contributed by atoms with Gasteiger partial charge in [-0.15, -0.1) is 0 Å². The van der Waals surface area contributed by atoms with Gasteiger partial charge < -0.3 is 9.84 Å². The molecular weight excluding hydrogens is 192 g/mol. The van der Waals surface area contributed by atoms with Crippen molar-refractivity contribution in [1.82, 2.24) is 0 Å². The van der Waals surface area contributed by atoms with E-state index in [0.29, 0.717) is 12.2 Å². The minimum atomic E-state index is -0.488. The molecule has 1 N–H and O–H groups in total. The monoisotopic (exact) mass is 212 g/mol. The molecule has 0 bridgehead atoms. The quantitative estimate of drug-likeness (QED) is 0.712. The molecule has 0 spiro atoms. The Kier molecular flexibility index (Phi) is 3.55. The predicted molar refractivity (Wildman–Crippen MR) is 58.4 cm³/mol. The molecule has 3 heteroatoms. The Morgan fingerprint density at radius 2 is 2.20 bits per heavy atom. The number of hydrogen-bond donors (Lipinski definition) is 1. The van der Waals surface area contributed by atoms with E-state index in [1.807, 2.05) is 20.8 Å². The van der Waals surface area contributed by atoms with Gasteiger partial charge in [0.25, 0.3) is 0 Å². The van der Waals surface area contributed by atoms with Crippen molar-refractivity contribution in [2.45, 2.75) is 46.6 Å². The third kappa shape index (κ3) is 2.40. The summed E-state index contributed by atoms with van der Waals surface area (Å²) in [5.74, 6) is -0.279. The lowest BCUT2D eigenvalue weighted by Crippen LogP contribution is -2.32. The highest BCUT2D eigenvalue weighted by Gasteiger charge is 2.37. The molecule has 1 unspecified atom stereocenters. The smallest absolute Gasteiger partial charge is 0.334 e. The standard InChI is InChI=1S/C12H20O3/c1-5-15-11(14)10-8(2)9(13)6-7-12(10,3)4/h9,13H,5-7H2,1-4H3. The van der Waals surface area contributed by atoms with E-state index in [1.165, 1.54) is 0 Å². The van der Waals surface area contributed by atoms with Crippen molar-refractivity contribution in [3.63, 3.8) is 0 Å². The van der Waals surface area contributed by atoms with Gasteiger partial charge in [-0.25, -0.2) is 4.79 Å². The molecule has 0 aromatic carbocycles. The van der Waals surface area contributed by atoms with Crippen LogP contribution >= 0.6 is 0 Å². The van der Waals surface area contributed by atoms with Crippen LogP contribution in [0.5, 0.6) is 0 Å². The molecule has 0 fully saturated rings. The van der Waals surface area contributed by atoms with Gasteiger partial charge in [0, 0.05) is 5.57 Å². The van der Waals surface area contributed by atoms with Crippen molar-refractivity contribution in [3.05, 3.63) is 11.1 Å². The molecule has 0 saturated carbocycles. The fraction of sp³-hybridized carbons (Fsp3) is 0.750. The van der Waals surface area contributed by atoms with Crippen molar-refractivity contribution in [1.29, 1.82) is 0 Å². The van der Waals surface area contributed by atoms with Crippen LogP contribution in [0.15, 0.2) is 11.1 Å². The Hall–Kier alpha value is -0.830. The maximum atomic E-state index is 11.8. The zero-order valence-corrected chi connectivity index (χ0v) is 9.96. The number of rotatable bonds is 2. The van der Waals surface area contributed by atoms with Gasteiger partial charge in [-0.3, -0.25) is 0 Å². The molecule has 1 atom stereocenters. The van der Waals surface area contributed by atoms with Gasteiger partial charge in [-0.2, -0.15) is 0 Å². The van der Waals surface area contributed by atoms with Crippen LogP contribution in [0.1, 0.15) is 40.5 Å². The second-order valence-electron chi connectivity index (χ2n) is 4.72. The van der Waals surface area contributed by atoms with Gasteiger partial charge >= 0.3 is 5.97 Å². The molecule has 86 valence electrons. The van der Waals surface area contributed by atoms with Crippen LogP contribution in [0.25, 0.3) is 0 Å². The summed E-state index contributed by atoms with van der Waals surface area (Å²) in [7, 11) is 0. The van der Waals surface area contributed by atoms with E-state index in [1.54, 1.807) is 6.92 Å². The normalized spacial score (nSPS) is 25.3. The van der Waals surface area contributed by atoms with Crippen molar-refractivity contribution >= 4 is 5.97 Å². The minimum Gasteiger partial charge on any atom is -0.463 e. The van der Waals surface area contributed by atoms with Crippen molar-refractivity contribution in [2.24, 2.45) is 5.41 Å². The minimum absolute atomic E-state index is 0.185. The first-order valence-electron chi connectivity index (χ1n) is 5.46. The molecule has 1 rings (SSSR count). The summed E-state index contributed by atoms with van der Waals surface area (Å²) in [5, 5.41) is 9.73. The number of carbonyl (C=O) groups is 1. The molecule has 1 aliphatic rings. The first-order chi connectivity index (χ1) is 6.90. The lowest BCUT2D eigenvalue weighted by atomic mass is 9.72. The van der Waals surface area contributed by atoms with E-state index in [-0.39, 0.29) is 11.4 Å². The van der Waals surface area contributed by atoms with Gasteiger partial charge in [0.1, 0.15) is 0 Å². The number of ether oxygens (including phenoxy) is 1. The molecular formula is C12H20O3. The summed E-state index contributed by atoms with van der Waals surface area (Å²) < 4.78 is 5.03. The number of carbonyl (C=O) groups excluding carboxylic acids is 1. The van der Waals surface area contributed by atoms with Crippen molar-refractivity contribution in [3.8, 4) is 0 Å².